The Balaban J connectivity index is 2.78. The van der Waals surface area contributed by atoms with E-state index in [0.717, 1.165) is 0 Å². The Bertz CT molecular complexity index is 235. The normalized spacial score (nSPS) is 15.3. The topological polar surface area (TPSA) is 32.3 Å². The molecule has 13 heavy (non-hydrogen) atoms. The minimum absolute atomic E-state index is 0.209. The van der Waals surface area contributed by atoms with Gasteiger partial charge in [-0.2, -0.15) is 0 Å². The van der Waals surface area contributed by atoms with Crippen molar-refractivity contribution in [3.8, 4) is 0 Å². The van der Waals surface area contributed by atoms with Gasteiger partial charge in [0.1, 0.15) is 0 Å². The third-order valence-corrected chi connectivity index (χ3v) is 2.33. The molecule has 0 saturated heterocycles. The standard InChI is InChI=1S/C11H17NO/c1-9(8-13)11(12-2)10-6-4-3-5-7-10/h3-7,9,11-13H,8H2,1-2H3/t9-,11+/m1/s1. The maximum absolute atomic E-state index is 9.06. The zero-order valence-electron chi connectivity index (χ0n) is 8.20. The molecule has 1 aromatic carbocycles. The van der Waals surface area contributed by atoms with E-state index in [1.807, 2.05) is 32.2 Å². The third kappa shape index (κ3) is 2.54. The molecule has 0 fully saturated rings. The van der Waals surface area contributed by atoms with Crippen LogP contribution >= 0.6 is 0 Å². The third-order valence-electron chi connectivity index (χ3n) is 2.33. The Kier molecular flexibility index (Phi) is 3.93. The van der Waals surface area contributed by atoms with Crippen molar-refractivity contribution < 1.29 is 5.11 Å². The van der Waals surface area contributed by atoms with Crippen molar-refractivity contribution in [2.24, 2.45) is 5.92 Å². The lowest BCUT2D eigenvalue weighted by Gasteiger charge is -2.22. The summed E-state index contributed by atoms with van der Waals surface area (Å²) in [4.78, 5) is 0. The number of aliphatic hydroxyl groups is 1. The Labute approximate surface area is 79.6 Å². The van der Waals surface area contributed by atoms with Crippen LogP contribution in [0.15, 0.2) is 30.3 Å². The van der Waals surface area contributed by atoms with E-state index in [2.05, 4.69) is 17.4 Å². The van der Waals surface area contributed by atoms with Crippen LogP contribution in [-0.2, 0) is 0 Å². The van der Waals surface area contributed by atoms with Gasteiger partial charge in [0.15, 0.2) is 0 Å². The molecule has 72 valence electrons. The summed E-state index contributed by atoms with van der Waals surface area (Å²) in [6.07, 6.45) is 0. The Morgan fingerprint density at radius 3 is 2.38 bits per heavy atom. The highest BCUT2D eigenvalue weighted by molar-refractivity contribution is 5.19. The first kappa shape index (κ1) is 10.2. The van der Waals surface area contributed by atoms with E-state index in [1.165, 1.54) is 5.56 Å². The molecule has 0 bridgehead atoms. The van der Waals surface area contributed by atoms with Crippen molar-refractivity contribution in [1.82, 2.24) is 5.32 Å². The second-order valence-electron chi connectivity index (χ2n) is 3.34. The zero-order valence-corrected chi connectivity index (χ0v) is 8.20. The summed E-state index contributed by atoms with van der Waals surface area (Å²) in [5.74, 6) is 0.243. The van der Waals surface area contributed by atoms with Crippen LogP contribution < -0.4 is 5.32 Å². The lowest BCUT2D eigenvalue weighted by atomic mass is 9.95. The van der Waals surface area contributed by atoms with Crippen molar-refractivity contribution in [3.63, 3.8) is 0 Å². The fraction of sp³-hybridized carbons (Fsp3) is 0.455. The van der Waals surface area contributed by atoms with Crippen LogP contribution in [0.2, 0.25) is 0 Å². The number of hydrogen-bond acceptors (Lipinski definition) is 2. The maximum Gasteiger partial charge on any atom is 0.0474 e. The summed E-state index contributed by atoms with van der Waals surface area (Å²) < 4.78 is 0. The SMILES string of the molecule is CN[C@H](c1ccccc1)[C@H](C)CO. The second kappa shape index (κ2) is 5.00. The predicted octanol–water partition coefficient (Wildman–Crippen LogP) is 1.58. The van der Waals surface area contributed by atoms with Crippen molar-refractivity contribution in [2.75, 3.05) is 13.7 Å². The molecule has 0 aliphatic rings. The molecule has 0 saturated carbocycles. The van der Waals surface area contributed by atoms with Crippen LogP contribution in [0, 0.1) is 5.92 Å². The highest BCUT2D eigenvalue weighted by Gasteiger charge is 2.15. The van der Waals surface area contributed by atoms with Crippen LogP contribution in [-0.4, -0.2) is 18.8 Å². The summed E-state index contributed by atoms with van der Waals surface area (Å²) in [7, 11) is 1.92. The van der Waals surface area contributed by atoms with E-state index in [-0.39, 0.29) is 18.6 Å². The molecule has 2 atom stereocenters. The highest BCUT2D eigenvalue weighted by Crippen LogP contribution is 2.20. The summed E-state index contributed by atoms with van der Waals surface area (Å²) >= 11 is 0. The molecule has 0 amide bonds. The number of rotatable bonds is 4. The van der Waals surface area contributed by atoms with Gasteiger partial charge >= 0.3 is 0 Å². The first-order valence-electron chi connectivity index (χ1n) is 4.62. The van der Waals surface area contributed by atoms with Crippen molar-refractivity contribution in [2.45, 2.75) is 13.0 Å². The smallest absolute Gasteiger partial charge is 0.0474 e. The predicted molar refractivity (Wildman–Crippen MR) is 54.5 cm³/mol. The Morgan fingerprint density at radius 1 is 1.31 bits per heavy atom. The van der Waals surface area contributed by atoms with Gasteiger partial charge in [-0.05, 0) is 18.5 Å². The van der Waals surface area contributed by atoms with Gasteiger partial charge in [0.25, 0.3) is 0 Å². The summed E-state index contributed by atoms with van der Waals surface area (Å²) in [6, 6.07) is 10.4. The van der Waals surface area contributed by atoms with E-state index in [4.69, 9.17) is 5.11 Å². The summed E-state index contributed by atoms with van der Waals surface area (Å²) in [5.41, 5.74) is 1.23. The first-order valence-corrected chi connectivity index (χ1v) is 4.62. The van der Waals surface area contributed by atoms with Gasteiger partial charge in [0.05, 0.1) is 0 Å². The van der Waals surface area contributed by atoms with Crippen molar-refractivity contribution >= 4 is 0 Å². The molecule has 2 heteroatoms. The number of nitrogens with one attached hydrogen (secondary N) is 1. The van der Waals surface area contributed by atoms with Gasteiger partial charge < -0.3 is 10.4 Å². The van der Waals surface area contributed by atoms with E-state index in [1.54, 1.807) is 0 Å². The first-order chi connectivity index (χ1) is 6.29. The molecule has 0 spiro atoms. The van der Waals surface area contributed by atoms with Gasteiger partial charge in [0.2, 0.25) is 0 Å². The fourth-order valence-electron chi connectivity index (χ4n) is 1.55. The van der Waals surface area contributed by atoms with Crippen LogP contribution in [0.5, 0.6) is 0 Å². The van der Waals surface area contributed by atoms with E-state index >= 15 is 0 Å². The molecule has 0 unspecified atom stereocenters. The lowest BCUT2D eigenvalue weighted by Crippen LogP contribution is -2.25. The maximum atomic E-state index is 9.06. The quantitative estimate of drug-likeness (QED) is 0.735. The van der Waals surface area contributed by atoms with Crippen LogP contribution in [0.3, 0.4) is 0 Å². The van der Waals surface area contributed by atoms with Crippen LogP contribution in [0.1, 0.15) is 18.5 Å². The molecule has 2 N–H and O–H groups in total. The van der Waals surface area contributed by atoms with Crippen LogP contribution in [0.25, 0.3) is 0 Å². The van der Waals surface area contributed by atoms with Crippen molar-refractivity contribution in [3.05, 3.63) is 35.9 Å². The largest absolute Gasteiger partial charge is 0.396 e. The highest BCUT2D eigenvalue weighted by atomic mass is 16.3. The van der Waals surface area contributed by atoms with Gasteiger partial charge in [-0.1, -0.05) is 37.3 Å². The van der Waals surface area contributed by atoms with Gasteiger partial charge in [0, 0.05) is 12.6 Å². The average molecular weight is 179 g/mol. The minimum atomic E-state index is 0.209. The molecular weight excluding hydrogens is 162 g/mol. The van der Waals surface area contributed by atoms with Gasteiger partial charge in [-0.3, -0.25) is 0 Å². The number of hydrogen-bond donors (Lipinski definition) is 2. The monoisotopic (exact) mass is 179 g/mol. The molecule has 0 aromatic heterocycles. The lowest BCUT2D eigenvalue weighted by molar-refractivity contribution is 0.206. The van der Waals surface area contributed by atoms with Gasteiger partial charge in [-0.25, -0.2) is 0 Å². The zero-order chi connectivity index (χ0) is 9.68. The van der Waals surface area contributed by atoms with Gasteiger partial charge in [-0.15, -0.1) is 0 Å². The van der Waals surface area contributed by atoms with E-state index in [9.17, 15) is 0 Å². The van der Waals surface area contributed by atoms with Crippen LogP contribution in [0.4, 0.5) is 0 Å². The molecule has 1 aromatic rings. The summed E-state index contributed by atoms with van der Waals surface area (Å²) in [6.45, 7) is 2.24. The fourth-order valence-corrected chi connectivity index (χ4v) is 1.55. The average Bonchev–Trinajstić information content (AvgIpc) is 2.20. The minimum Gasteiger partial charge on any atom is -0.396 e. The van der Waals surface area contributed by atoms with E-state index < -0.39 is 0 Å². The molecule has 0 aliphatic carbocycles. The molecule has 0 radical (unpaired) electrons. The number of benzene rings is 1. The molecular formula is C11H17NO. The second-order valence-corrected chi connectivity index (χ2v) is 3.34. The molecule has 2 nitrogen and oxygen atoms in total. The van der Waals surface area contributed by atoms with E-state index in [0.29, 0.717) is 0 Å². The Hall–Kier alpha value is -0.860. The van der Waals surface area contributed by atoms with Crippen molar-refractivity contribution in [1.29, 1.82) is 0 Å². The molecule has 1 rings (SSSR count). The summed E-state index contributed by atoms with van der Waals surface area (Å²) in [5, 5.41) is 12.3. The molecule has 0 heterocycles. The molecule has 0 aliphatic heterocycles. The number of aliphatic hydroxyl groups excluding tert-OH is 1. The Morgan fingerprint density at radius 2 is 1.92 bits per heavy atom.